The summed E-state index contributed by atoms with van der Waals surface area (Å²) in [6.07, 6.45) is -5.61. The fourth-order valence-corrected chi connectivity index (χ4v) is 1.77. The summed E-state index contributed by atoms with van der Waals surface area (Å²) in [7, 11) is 0. The Hall–Kier alpha value is -1.75. The van der Waals surface area contributed by atoms with E-state index in [9.17, 15) is 18.0 Å². The predicted molar refractivity (Wildman–Crippen MR) is 56.9 cm³/mol. The highest BCUT2D eigenvalue weighted by Crippen LogP contribution is 2.36. The van der Waals surface area contributed by atoms with Gasteiger partial charge in [-0.05, 0) is 22.0 Å². The molecule has 1 aromatic rings. The van der Waals surface area contributed by atoms with Gasteiger partial charge >= 0.3 is 12.3 Å². The number of ether oxygens (including phenoxy) is 1. The Morgan fingerprint density at radius 2 is 2.11 bits per heavy atom. The van der Waals surface area contributed by atoms with E-state index < -0.39 is 24.5 Å². The molecule has 0 aliphatic heterocycles. The Kier molecular flexibility index (Phi) is 4.19. The number of hydrogen-bond acceptors (Lipinski definition) is 3. The van der Waals surface area contributed by atoms with Crippen molar-refractivity contribution >= 4 is 21.9 Å². The van der Waals surface area contributed by atoms with Crippen LogP contribution in [-0.4, -0.2) is 17.4 Å². The van der Waals surface area contributed by atoms with Gasteiger partial charge in [0.2, 0.25) is 0 Å². The molecular formula is C10H5BrF3NO3. The first-order valence-electron chi connectivity index (χ1n) is 4.43. The quantitative estimate of drug-likeness (QED) is 0.928. The third-order valence-corrected chi connectivity index (χ3v) is 2.65. The van der Waals surface area contributed by atoms with Crippen LogP contribution in [0.2, 0.25) is 0 Å². The van der Waals surface area contributed by atoms with Gasteiger partial charge in [-0.1, -0.05) is 6.07 Å². The van der Waals surface area contributed by atoms with E-state index >= 15 is 0 Å². The van der Waals surface area contributed by atoms with E-state index in [-0.39, 0.29) is 15.6 Å². The highest BCUT2D eigenvalue weighted by molar-refractivity contribution is 9.10. The Morgan fingerprint density at radius 3 is 2.56 bits per heavy atom. The molecule has 0 amide bonds. The summed E-state index contributed by atoms with van der Waals surface area (Å²) in [5, 5.41) is 17.3. The average molecular weight is 324 g/mol. The molecule has 0 atom stereocenters. The van der Waals surface area contributed by atoms with Crippen LogP contribution in [0, 0.1) is 11.3 Å². The van der Waals surface area contributed by atoms with E-state index in [0.717, 1.165) is 6.07 Å². The lowest BCUT2D eigenvalue weighted by Crippen LogP contribution is -2.19. The Labute approximate surface area is 108 Å². The van der Waals surface area contributed by atoms with Gasteiger partial charge in [-0.3, -0.25) is 4.79 Å². The molecular weight excluding hydrogens is 319 g/mol. The van der Waals surface area contributed by atoms with Crippen molar-refractivity contribution in [2.24, 2.45) is 0 Å². The lowest BCUT2D eigenvalue weighted by Gasteiger charge is -2.14. The number of carbonyl (C=O) groups is 1. The summed E-state index contributed by atoms with van der Waals surface area (Å²) in [6.45, 7) is 0. The van der Waals surface area contributed by atoms with Gasteiger partial charge in [-0.25, -0.2) is 0 Å². The zero-order chi connectivity index (χ0) is 13.9. The topological polar surface area (TPSA) is 70.3 Å². The molecule has 96 valence electrons. The van der Waals surface area contributed by atoms with E-state index in [1.54, 1.807) is 6.07 Å². The van der Waals surface area contributed by atoms with Gasteiger partial charge in [0.1, 0.15) is 11.8 Å². The average Bonchev–Trinajstić information content (AvgIpc) is 2.21. The molecule has 0 aromatic heterocycles. The molecule has 0 unspecified atom stereocenters. The highest BCUT2D eigenvalue weighted by Gasteiger charge is 2.33. The minimum Gasteiger partial charge on any atom is -0.481 e. The van der Waals surface area contributed by atoms with Gasteiger partial charge in [0.05, 0.1) is 16.5 Å². The summed E-state index contributed by atoms with van der Waals surface area (Å²) in [5.74, 6) is -2.01. The van der Waals surface area contributed by atoms with E-state index in [4.69, 9.17) is 10.4 Å². The van der Waals surface area contributed by atoms with Crippen molar-refractivity contribution < 1.29 is 27.8 Å². The number of halogens is 4. The molecule has 1 aromatic carbocycles. The van der Waals surface area contributed by atoms with Gasteiger partial charge < -0.3 is 9.84 Å². The molecule has 0 radical (unpaired) electrons. The maximum Gasteiger partial charge on any atom is 0.573 e. The maximum atomic E-state index is 12.2. The zero-order valence-corrected chi connectivity index (χ0v) is 10.2. The summed E-state index contributed by atoms with van der Waals surface area (Å²) >= 11 is 2.79. The molecule has 1 rings (SSSR count). The number of carboxylic acids is 1. The number of carboxylic acid groups (broad SMARTS) is 1. The number of nitrogens with zero attached hydrogens (tertiary/aromatic N) is 1. The minimum absolute atomic E-state index is 0.0802. The van der Waals surface area contributed by atoms with Gasteiger partial charge in [0.15, 0.2) is 0 Å². The van der Waals surface area contributed by atoms with Crippen LogP contribution in [0.15, 0.2) is 16.6 Å². The second kappa shape index (κ2) is 5.27. The first kappa shape index (κ1) is 14.3. The number of rotatable bonds is 3. The summed E-state index contributed by atoms with van der Waals surface area (Å²) in [6, 6.07) is 3.98. The van der Waals surface area contributed by atoms with Crippen LogP contribution in [0.5, 0.6) is 5.75 Å². The Morgan fingerprint density at radius 1 is 1.50 bits per heavy atom. The molecule has 8 heteroatoms. The van der Waals surface area contributed by atoms with Crippen molar-refractivity contribution in [1.29, 1.82) is 5.26 Å². The summed E-state index contributed by atoms with van der Waals surface area (Å²) < 4.78 is 40.1. The number of benzene rings is 1. The predicted octanol–water partition coefficient (Wildman–Crippen LogP) is 2.85. The molecule has 0 aliphatic carbocycles. The van der Waals surface area contributed by atoms with Crippen molar-refractivity contribution in [1.82, 2.24) is 0 Å². The largest absolute Gasteiger partial charge is 0.573 e. The van der Waals surface area contributed by atoms with Crippen LogP contribution in [0.4, 0.5) is 13.2 Å². The molecule has 0 heterocycles. The molecule has 4 nitrogen and oxygen atoms in total. The first-order chi connectivity index (χ1) is 8.24. The second-order valence-electron chi connectivity index (χ2n) is 3.15. The van der Waals surface area contributed by atoms with Crippen LogP contribution in [0.3, 0.4) is 0 Å². The van der Waals surface area contributed by atoms with Crippen LogP contribution in [0.1, 0.15) is 11.1 Å². The fraction of sp³-hybridized carbons (Fsp3) is 0.200. The smallest absolute Gasteiger partial charge is 0.481 e. The fourth-order valence-electron chi connectivity index (χ4n) is 1.21. The SMILES string of the molecule is N#Cc1ccc(CC(=O)O)c(OC(F)(F)F)c1Br. The molecule has 0 fully saturated rings. The third-order valence-electron chi connectivity index (χ3n) is 1.86. The monoisotopic (exact) mass is 323 g/mol. The number of hydrogen-bond donors (Lipinski definition) is 1. The first-order valence-corrected chi connectivity index (χ1v) is 5.23. The van der Waals surface area contributed by atoms with Crippen molar-refractivity contribution in [3.63, 3.8) is 0 Å². The van der Waals surface area contributed by atoms with Crippen molar-refractivity contribution in [3.8, 4) is 11.8 Å². The normalized spacial score (nSPS) is 10.8. The van der Waals surface area contributed by atoms with Crippen LogP contribution < -0.4 is 4.74 Å². The van der Waals surface area contributed by atoms with Gasteiger partial charge in [-0.2, -0.15) is 5.26 Å². The van der Waals surface area contributed by atoms with E-state index in [2.05, 4.69) is 20.7 Å². The minimum atomic E-state index is -4.97. The summed E-state index contributed by atoms with van der Waals surface area (Å²) in [4.78, 5) is 10.5. The van der Waals surface area contributed by atoms with Crippen molar-refractivity contribution in [2.45, 2.75) is 12.8 Å². The standard InChI is InChI=1S/C10H5BrF3NO3/c11-8-6(4-15)2-1-5(3-7(16)17)9(8)18-10(12,13)14/h1-2H,3H2,(H,16,17). The number of nitriles is 1. The van der Waals surface area contributed by atoms with E-state index in [1.807, 2.05) is 0 Å². The summed E-state index contributed by atoms with van der Waals surface area (Å²) in [5.41, 5.74) is -0.255. The van der Waals surface area contributed by atoms with E-state index in [1.165, 1.54) is 6.07 Å². The van der Waals surface area contributed by atoms with Gasteiger partial charge in [-0.15, -0.1) is 13.2 Å². The van der Waals surface area contributed by atoms with Crippen LogP contribution >= 0.6 is 15.9 Å². The van der Waals surface area contributed by atoms with Crippen molar-refractivity contribution in [3.05, 3.63) is 27.7 Å². The molecule has 0 spiro atoms. The van der Waals surface area contributed by atoms with Crippen LogP contribution in [-0.2, 0) is 11.2 Å². The van der Waals surface area contributed by atoms with Crippen molar-refractivity contribution in [2.75, 3.05) is 0 Å². The zero-order valence-electron chi connectivity index (χ0n) is 8.58. The van der Waals surface area contributed by atoms with Gasteiger partial charge in [0, 0.05) is 5.56 Å². The third kappa shape index (κ3) is 3.63. The Bertz CT molecular complexity index is 522. The highest BCUT2D eigenvalue weighted by atomic mass is 79.9. The van der Waals surface area contributed by atoms with E-state index in [0.29, 0.717) is 0 Å². The Balaban J connectivity index is 3.31. The van der Waals surface area contributed by atoms with Gasteiger partial charge in [0.25, 0.3) is 0 Å². The maximum absolute atomic E-state index is 12.2. The molecule has 18 heavy (non-hydrogen) atoms. The lowest BCUT2D eigenvalue weighted by molar-refractivity contribution is -0.275. The molecule has 0 bridgehead atoms. The second-order valence-corrected chi connectivity index (χ2v) is 3.94. The molecule has 0 aliphatic rings. The molecule has 0 saturated carbocycles. The molecule has 1 N–H and O–H groups in total. The number of aliphatic carboxylic acids is 1. The lowest BCUT2D eigenvalue weighted by atomic mass is 10.1. The number of alkyl halides is 3. The molecule has 0 saturated heterocycles. The van der Waals surface area contributed by atoms with Crippen LogP contribution in [0.25, 0.3) is 0 Å².